The predicted octanol–water partition coefficient (Wildman–Crippen LogP) is 2.15. The Morgan fingerprint density at radius 3 is 2.64 bits per heavy atom. The molecular formula is C19H22N4O2. The van der Waals surface area contributed by atoms with Gasteiger partial charge in [0.1, 0.15) is 5.69 Å². The third kappa shape index (κ3) is 3.85. The number of hydrogen-bond donors (Lipinski definition) is 0. The molecule has 0 N–H and O–H groups in total. The van der Waals surface area contributed by atoms with Crippen molar-refractivity contribution in [2.24, 2.45) is 11.8 Å². The molecule has 0 unspecified atom stereocenters. The molecule has 3 heterocycles. The van der Waals surface area contributed by atoms with Crippen LogP contribution in [0.15, 0.2) is 43.1 Å². The SMILES string of the molecule is O=C(c1cnccn1)N1C[C@@H](COCC2CC2)[C@H](c2ccncc2)C1. The molecule has 0 bridgehead atoms. The van der Waals surface area contributed by atoms with Crippen molar-refractivity contribution in [3.05, 3.63) is 54.4 Å². The van der Waals surface area contributed by atoms with Gasteiger partial charge in [0.2, 0.25) is 0 Å². The van der Waals surface area contributed by atoms with Crippen LogP contribution in [0, 0.1) is 11.8 Å². The Bertz CT molecular complexity index is 706. The summed E-state index contributed by atoms with van der Waals surface area (Å²) in [6.07, 6.45) is 10.9. The summed E-state index contributed by atoms with van der Waals surface area (Å²) >= 11 is 0. The minimum atomic E-state index is -0.0585. The van der Waals surface area contributed by atoms with Crippen molar-refractivity contribution in [2.45, 2.75) is 18.8 Å². The lowest BCUT2D eigenvalue weighted by Crippen LogP contribution is -2.30. The highest BCUT2D eigenvalue weighted by Gasteiger charge is 2.37. The van der Waals surface area contributed by atoms with E-state index in [4.69, 9.17) is 4.74 Å². The third-order valence-electron chi connectivity index (χ3n) is 5.03. The summed E-state index contributed by atoms with van der Waals surface area (Å²) in [5.74, 6) is 1.25. The van der Waals surface area contributed by atoms with Crippen LogP contribution < -0.4 is 0 Å². The van der Waals surface area contributed by atoms with E-state index in [0.29, 0.717) is 31.3 Å². The van der Waals surface area contributed by atoms with E-state index in [1.165, 1.54) is 24.6 Å². The summed E-state index contributed by atoms with van der Waals surface area (Å²) < 4.78 is 5.95. The van der Waals surface area contributed by atoms with Crippen LogP contribution >= 0.6 is 0 Å². The number of pyridine rings is 1. The summed E-state index contributed by atoms with van der Waals surface area (Å²) in [5.41, 5.74) is 1.61. The lowest BCUT2D eigenvalue weighted by atomic mass is 9.90. The predicted molar refractivity (Wildman–Crippen MR) is 91.9 cm³/mol. The Balaban J connectivity index is 1.48. The molecule has 2 aliphatic rings. The van der Waals surface area contributed by atoms with Gasteiger partial charge in [0, 0.05) is 56.3 Å². The molecule has 1 saturated carbocycles. The van der Waals surface area contributed by atoms with E-state index in [0.717, 1.165) is 12.5 Å². The van der Waals surface area contributed by atoms with E-state index in [-0.39, 0.29) is 11.8 Å². The molecule has 4 rings (SSSR count). The van der Waals surface area contributed by atoms with Crippen LogP contribution in [0.5, 0.6) is 0 Å². The highest BCUT2D eigenvalue weighted by atomic mass is 16.5. The van der Waals surface area contributed by atoms with Crippen LogP contribution in [-0.4, -0.2) is 52.1 Å². The van der Waals surface area contributed by atoms with Crippen LogP contribution in [-0.2, 0) is 4.74 Å². The second-order valence-corrected chi connectivity index (χ2v) is 6.93. The maximum absolute atomic E-state index is 12.7. The molecule has 130 valence electrons. The molecule has 2 atom stereocenters. The molecule has 0 aromatic carbocycles. The fourth-order valence-electron chi connectivity index (χ4n) is 3.44. The Morgan fingerprint density at radius 1 is 1.08 bits per heavy atom. The molecule has 25 heavy (non-hydrogen) atoms. The normalized spacial score (nSPS) is 23.0. The number of likely N-dealkylation sites (tertiary alicyclic amines) is 1. The first-order chi connectivity index (χ1) is 12.3. The summed E-state index contributed by atoms with van der Waals surface area (Å²) in [5, 5.41) is 0. The standard InChI is InChI=1S/C19H22N4O2/c24-19(18-9-21-7-8-22-18)23-10-16(13-25-12-14-1-2-14)17(11-23)15-3-5-20-6-4-15/h3-9,14,16-17H,1-2,10-13H2/t16-,17-/m0/s1. The van der Waals surface area contributed by atoms with Gasteiger partial charge >= 0.3 is 0 Å². The number of ether oxygens (including phenoxy) is 1. The second-order valence-electron chi connectivity index (χ2n) is 6.93. The lowest BCUT2D eigenvalue weighted by molar-refractivity contribution is 0.0734. The van der Waals surface area contributed by atoms with Crippen molar-refractivity contribution in [3.63, 3.8) is 0 Å². The van der Waals surface area contributed by atoms with Crippen LogP contribution in [0.1, 0.15) is 34.8 Å². The van der Waals surface area contributed by atoms with Gasteiger partial charge in [-0.05, 0) is 36.5 Å². The fraction of sp³-hybridized carbons (Fsp3) is 0.474. The zero-order valence-corrected chi connectivity index (χ0v) is 14.1. The van der Waals surface area contributed by atoms with E-state index in [2.05, 4.69) is 15.0 Å². The zero-order chi connectivity index (χ0) is 17.1. The first-order valence-electron chi connectivity index (χ1n) is 8.84. The maximum Gasteiger partial charge on any atom is 0.274 e. The summed E-state index contributed by atoms with van der Waals surface area (Å²) in [6, 6.07) is 4.07. The highest BCUT2D eigenvalue weighted by Crippen LogP contribution is 2.34. The topological polar surface area (TPSA) is 68.2 Å². The van der Waals surface area contributed by atoms with Gasteiger partial charge in [-0.1, -0.05) is 0 Å². The fourth-order valence-corrected chi connectivity index (χ4v) is 3.44. The van der Waals surface area contributed by atoms with Crippen molar-refractivity contribution in [2.75, 3.05) is 26.3 Å². The van der Waals surface area contributed by atoms with E-state index >= 15 is 0 Å². The highest BCUT2D eigenvalue weighted by molar-refractivity contribution is 5.92. The van der Waals surface area contributed by atoms with E-state index in [1.807, 2.05) is 29.4 Å². The van der Waals surface area contributed by atoms with Gasteiger partial charge in [-0.15, -0.1) is 0 Å². The quantitative estimate of drug-likeness (QED) is 0.807. The first-order valence-corrected chi connectivity index (χ1v) is 8.84. The number of nitrogens with zero attached hydrogens (tertiary/aromatic N) is 4. The Hall–Kier alpha value is -2.34. The van der Waals surface area contributed by atoms with Gasteiger partial charge < -0.3 is 9.64 Å². The molecule has 1 aliphatic heterocycles. The van der Waals surface area contributed by atoms with Gasteiger partial charge in [-0.25, -0.2) is 4.98 Å². The molecule has 2 aromatic rings. The molecular weight excluding hydrogens is 316 g/mol. The zero-order valence-electron chi connectivity index (χ0n) is 14.1. The molecule has 0 radical (unpaired) electrons. The molecule has 6 heteroatoms. The van der Waals surface area contributed by atoms with Crippen molar-refractivity contribution in [1.82, 2.24) is 19.9 Å². The number of carbonyl (C=O) groups is 1. The molecule has 2 fully saturated rings. The van der Waals surface area contributed by atoms with E-state index < -0.39 is 0 Å². The average molecular weight is 338 g/mol. The van der Waals surface area contributed by atoms with E-state index in [1.54, 1.807) is 12.4 Å². The van der Waals surface area contributed by atoms with Gasteiger partial charge in [0.05, 0.1) is 12.8 Å². The molecule has 6 nitrogen and oxygen atoms in total. The molecule has 2 aromatic heterocycles. The Morgan fingerprint density at radius 2 is 1.92 bits per heavy atom. The molecule has 0 spiro atoms. The van der Waals surface area contributed by atoms with Gasteiger partial charge in [-0.3, -0.25) is 14.8 Å². The van der Waals surface area contributed by atoms with Gasteiger partial charge in [0.25, 0.3) is 5.91 Å². The lowest BCUT2D eigenvalue weighted by Gasteiger charge is -2.18. The molecule has 1 aliphatic carbocycles. The number of amides is 1. The smallest absolute Gasteiger partial charge is 0.274 e. The number of aromatic nitrogens is 3. The Labute approximate surface area is 147 Å². The van der Waals surface area contributed by atoms with Gasteiger partial charge in [-0.2, -0.15) is 0 Å². The summed E-state index contributed by atoms with van der Waals surface area (Å²) in [4.78, 5) is 26.9. The number of rotatable bonds is 6. The van der Waals surface area contributed by atoms with Crippen molar-refractivity contribution in [1.29, 1.82) is 0 Å². The van der Waals surface area contributed by atoms with Crippen molar-refractivity contribution >= 4 is 5.91 Å². The minimum absolute atomic E-state index is 0.0585. The van der Waals surface area contributed by atoms with Crippen LogP contribution in [0.3, 0.4) is 0 Å². The number of carbonyl (C=O) groups excluding carboxylic acids is 1. The summed E-state index contributed by atoms with van der Waals surface area (Å²) in [6.45, 7) is 2.90. The second kappa shape index (κ2) is 7.27. The first kappa shape index (κ1) is 16.1. The molecule has 1 saturated heterocycles. The summed E-state index contributed by atoms with van der Waals surface area (Å²) in [7, 11) is 0. The Kier molecular flexibility index (Phi) is 4.70. The third-order valence-corrected chi connectivity index (χ3v) is 5.03. The largest absolute Gasteiger partial charge is 0.381 e. The van der Waals surface area contributed by atoms with Crippen LogP contribution in [0.2, 0.25) is 0 Å². The average Bonchev–Trinajstić information content (AvgIpc) is 3.40. The van der Waals surface area contributed by atoms with Crippen molar-refractivity contribution in [3.8, 4) is 0 Å². The van der Waals surface area contributed by atoms with E-state index in [9.17, 15) is 4.79 Å². The number of hydrogen-bond acceptors (Lipinski definition) is 5. The van der Waals surface area contributed by atoms with Gasteiger partial charge in [0.15, 0.2) is 0 Å². The maximum atomic E-state index is 12.7. The van der Waals surface area contributed by atoms with Crippen LogP contribution in [0.4, 0.5) is 0 Å². The van der Waals surface area contributed by atoms with Crippen molar-refractivity contribution < 1.29 is 9.53 Å². The molecule has 1 amide bonds. The minimum Gasteiger partial charge on any atom is -0.381 e. The van der Waals surface area contributed by atoms with Crippen LogP contribution in [0.25, 0.3) is 0 Å². The monoisotopic (exact) mass is 338 g/mol.